The predicted molar refractivity (Wildman–Crippen MR) is 144 cm³/mol. The highest BCUT2D eigenvalue weighted by Crippen LogP contribution is 2.31. The SMILES string of the molecule is CCn1c2ccccc2c2cc(NC(=O)C/C(C)=N/NC(=O)C(=O)Nc3cc(C)ccc3C)ccc21. The standard InChI is InChI=1S/C28H29N5O3/c1-5-33-24-9-7-6-8-21(24)22-16-20(12-13-25(22)33)29-26(34)15-19(4)31-32-28(36)27(35)30-23-14-17(2)10-11-18(23)3/h6-14,16H,5,15H2,1-4H3,(H,29,34)(H,30,35)(H,32,36)/b31-19+. The van der Waals surface area contributed by atoms with E-state index in [0.717, 1.165) is 39.5 Å². The minimum atomic E-state index is -0.909. The summed E-state index contributed by atoms with van der Waals surface area (Å²) in [4.78, 5) is 36.9. The van der Waals surface area contributed by atoms with Crippen LogP contribution < -0.4 is 16.1 Å². The minimum Gasteiger partial charge on any atom is -0.341 e. The molecular weight excluding hydrogens is 454 g/mol. The molecule has 3 amide bonds. The zero-order valence-electron chi connectivity index (χ0n) is 20.8. The first-order chi connectivity index (χ1) is 17.3. The summed E-state index contributed by atoms with van der Waals surface area (Å²) in [6.45, 7) is 8.30. The molecule has 3 N–H and O–H groups in total. The van der Waals surface area contributed by atoms with Gasteiger partial charge in [-0.05, 0) is 69.2 Å². The van der Waals surface area contributed by atoms with E-state index in [9.17, 15) is 14.4 Å². The molecule has 0 fully saturated rings. The van der Waals surface area contributed by atoms with Crippen molar-refractivity contribution in [3.63, 3.8) is 0 Å². The molecule has 1 heterocycles. The zero-order chi connectivity index (χ0) is 25.8. The van der Waals surface area contributed by atoms with Crippen molar-refractivity contribution in [1.82, 2.24) is 9.99 Å². The van der Waals surface area contributed by atoms with Crippen LogP contribution in [0.5, 0.6) is 0 Å². The number of hydrogen-bond acceptors (Lipinski definition) is 4. The molecule has 4 rings (SSSR count). The van der Waals surface area contributed by atoms with Gasteiger partial charge >= 0.3 is 11.8 Å². The fraction of sp³-hybridized carbons (Fsp3) is 0.214. The second kappa shape index (κ2) is 10.4. The number of benzene rings is 3. The third-order valence-electron chi connectivity index (χ3n) is 5.98. The minimum absolute atomic E-state index is 0.0341. The predicted octanol–water partition coefficient (Wildman–Crippen LogP) is 4.89. The number of fused-ring (bicyclic) bond motifs is 3. The van der Waals surface area contributed by atoms with Gasteiger partial charge in [0, 0.05) is 45.4 Å². The summed E-state index contributed by atoms with van der Waals surface area (Å²) in [5.74, 6) is -2.01. The molecule has 1 aromatic heterocycles. The summed E-state index contributed by atoms with van der Waals surface area (Å²) in [6.07, 6.45) is -0.0341. The molecule has 0 aliphatic heterocycles. The number of hydrogen-bond donors (Lipinski definition) is 3. The van der Waals surface area contributed by atoms with Gasteiger partial charge in [0.15, 0.2) is 0 Å². The maximum Gasteiger partial charge on any atom is 0.329 e. The molecule has 0 atom stereocenters. The number of nitrogens with one attached hydrogen (secondary N) is 3. The molecule has 0 saturated carbocycles. The molecule has 0 radical (unpaired) electrons. The van der Waals surface area contributed by atoms with Crippen LogP contribution in [0.25, 0.3) is 21.8 Å². The topological polar surface area (TPSA) is 105 Å². The number of para-hydroxylation sites is 1. The quantitative estimate of drug-likeness (QED) is 0.207. The lowest BCUT2D eigenvalue weighted by Crippen LogP contribution is -2.33. The summed E-state index contributed by atoms with van der Waals surface area (Å²) < 4.78 is 2.24. The summed E-state index contributed by atoms with van der Waals surface area (Å²) in [6, 6.07) is 19.6. The second-order valence-electron chi connectivity index (χ2n) is 8.78. The van der Waals surface area contributed by atoms with Gasteiger partial charge in [-0.2, -0.15) is 5.10 Å². The molecular formula is C28H29N5O3. The van der Waals surface area contributed by atoms with E-state index in [4.69, 9.17) is 0 Å². The van der Waals surface area contributed by atoms with Crippen LogP contribution in [-0.2, 0) is 20.9 Å². The largest absolute Gasteiger partial charge is 0.341 e. The number of aryl methyl sites for hydroxylation is 3. The Morgan fingerprint density at radius 1 is 0.861 bits per heavy atom. The molecule has 8 nitrogen and oxygen atoms in total. The van der Waals surface area contributed by atoms with Gasteiger partial charge in [0.05, 0.1) is 6.42 Å². The first-order valence-electron chi connectivity index (χ1n) is 11.8. The van der Waals surface area contributed by atoms with E-state index >= 15 is 0 Å². The Hall–Kier alpha value is -4.46. The highest BCUT2D eigenvalue weighted by Gasteiger charge is 2.15. The molecule has 0 unspecified atom stereocenters. The average molecular weight is 484 g/mol. The van der Waals surface area contributed by atoms with E-state index in [1.165, 1.54) is 0 Å². The third-order valence-corrected chi connectivity index (χ3v) is 5.98. The first-order valence-corrected chi connectivity index (χ1v) is 11.8. The van der Waals surface area contributed by atoms with Crippen LogP contribution in [0.1, 0.15) is 31.4 Å². The number of hydrazone groups is 1. The smallest absolute Gasteiger partial charge is 0.329 e. The lowest BCUT2D eigenvalue weighted by Gasteiger charge is -2.09. The lowest BCUT2D eigenvalue weighted by molar-refractivity contribution is -0.136. The fourth-order valence-corrected chi connectivity index (χ4v) is 4.20. The number of nitrogens with zero attached hydrogens (tertiary/aromatic N) is 2. The number of carbonyl (C=O) groups excluding carboxylic acids is 3. The Kier molecular flexibility index (Phi) is 7.15. The Morgan fingerprint density at radius 2 is 1.61 bits per heavy atom. The molecule has 184 valence electrons. The number of carbonyl (C=O) groups is 3. The van der Waals surface area contributed by atoms with Gasteiger partial charge in [-0.1, -0.05) is 30.3 Å². The maximum atomic E-state index is 12.6. The Labute approximate surface area is 209 Å². The molecule has 0 saturated heterocycles. The van der Waals surface area contributed by atoms with E-state index in [-0.39, 0.29) is 12.3 Å². The van der Waals surface area contributed by atoms with Crippen LogP contribution in [-0.4, -0.2) is 28.0 Å². The van der Waals surface area contributed by atoms with Crippen LogP contribution in [0.4, 0.5) is 11.4 Å². The normalized spacial score (nSPS) is 11.5. The van der Waals surface area contributed by atoms with Gasteiger partial charge in [0.2, 0.25) is 5.91 Å². The molecule has 0 spiro atoms. The molecule has 3 aromatic carbocycles. The van der Waals surface area contributed by atoms with Crippen LogP contribution in [0, 0.1) is 13.8 Å². The van der Waals surface area contributed by atoms with E-state index < -0.39 is 11.8 Å². The molecule has 0 bridgehead atoms. The fourth-order valence-electron chi connectivity index (χ4n) is 4.20. The van der Waals surface area contributed by atoms with Crippen molar-refractivity contribution in [2.75, 3.05) is 10.6 Å². The van der Waals surface area contributed by atoms with Gasteiger partial charge in [-0.25, -0.2) is 5.43 Å². The second-order valence-corrected chi connectivity index (χ2v) is 8.78. The van der Waals surface area contributed by atoms with Gasteiger partial charge in [-0.3, -0.25) is 14.4 Å². The molecule has 36 heavy (non-hydrogen) atoms. The van der Waals surface area contributed by atoms with Crippen molar-refractivity contribution >= 4 is 56.6 Å². The zero-order valence-corrected chi connectivity index (χ0v) is 20.8. The monoisotopic (exact) mass is 483 g/mol. The van der Waals surface area contributed by atoms with Crippen molar-refractivity contribution in [3.05, 3.63) is 71.8 Å². The van der Waals surface area contributed by atoms with Crippen molar-refractivity contribution in [1.29, 1.82) is 0 Å². The number of rotatable bonds is 6. The molecule has 0 aliphatic carbocycles. The van der Waals surface area contributed by atoms with Crippen molar-refractivity contribution in [2.24, 2.45) is 5.10 Å². The Bertz CT molecular complexity index is 1520. The van der Waals surface area contributed by atoms with Crippen molar-refractivity contribution in [2.45, 2.75) is 40.7 Å². The van der Waals surface area contributed by atoms with Crippen LogP contribution in [0.3, 0.4) is 0 Å². The van der Waals surface area contributed by atoms with Gasteiger partial charge < -0.3 is 15.2 Å². The van der Waals surface area contributed by atoms with Gasteiger partial charge in [-0.15, -0.1) is 0 Å². The van der Waals surface area contributed by atoms with Gasteiger partial charge in [0.25, 0.3) is 0 Å². The highest BCUT2D eigenvalue weighted by molar-refractivity contribution is 6.39. The number of anilines is 2. The van der Waals surface area contributed by atoms with Crippen LogP contribution in [0.15, 0.2) is 65.8 Å². The van der Waals surface area contributed by atoms with E-state index in [1.54, 1.807) is 13.0 Å². The summed E-state index contributed by atoms with van der Waals surface area (Å²) in [7, 11) is 0. The summed E-state index contributed by atoms with van der Waals surface area (Å²) >= 11 is 0. The molecule has 8 heteroatoms. The van der Waals surface area contributed by atoms with Gasteiger partial charge in [0.1, 0.15) is 0 Å². The van der Waals surface area contributed by atoms with Crippen LogP contribution in [0.2, 0.25) is 0 Å². The Morgan fingerprint density at radius 3 is 2.39 bits per heavy atom. The maximum absolute atomic E-state index is 12.6. The van der Waals surface area contributed by atoms with Crippen LogP contribution >= 0.6 is 0 Å². The third kappa shape index (κ3) is 5.27. The van der Waals surface area contributed by atoms with Crippen molar-refractivity contribution < 1.29 is 14.4 Å². The van der Waals surface area contributed by atoms with E-state index in [0.29, 0.717) is 17.1 Å². The first kappa shape index (κ1) is 24.7. The molecule has 0 aliphatic rings. The summed E-state index contributed by atoms with van der Waals surface area (Å²) in [5.41, 5.74) is 7.89. The highest BCUT2D eigenvalue weighted by atomic mass is 16.2. The lowest BCUT2D eigenvalue weighted by atomic mass is 10.1. The van der Waals surface area contributed by atoms with E-state index in [2.05, 4.69) is 44.8 Å². The molecule has 4 aromatic rings. The van der Waals surface area contributed by atoms with Crippen molar-refractivity contribution in [3.8, 4) is 0 Å². The number of aromatic nitrogens is 1. The summed E-state index contributed by atoms with van der Waals surface area (Å²) in [5, 5.41) is 11.6. The Balaban J connectivity index is 1.38. The van der Waals surface area contributed by atoms with E-state index in [1.807, 2.05) is 56.3 Å². The number of amides is 3. The average Bonchev–Trinajstić information content (AvgIpc) is 3.17.